The van der Waals surface area contributed by atoms with Crippen molar-refractivity contribution in [3.8, 4) is 6.07 Å². The molecule has 0 unspecified atom stereocenters. The number of nitrogens with zero attached hydrogens (tertiary/aromatic N) is 1. The van der Waals surface area contributed by atoms with E-state index in [4.69, 9.17) is 5.26 Å². The summed E-state index contributed by atoms with van der Waals surface area (Å²) in [5.74, 6) is 3.31. The number of hydrogen-bond acceptors (Lipinski definition) is 1. The molecule has 0 aliphatic heterocycles. The van der Waals surface area contributed by atoms with Crippen LogP contribution in [0.2, 0.25) is 0 Å². The van der Waals surface area contributed by atoms with Crippen molar-refractivity contribution in [1.29, 1.82) is 5.26 Å². The Hall–Kier alpha value is -0.770. The molecule has 1 nitrogen and oxygen atoms in total. The summed E-state index contributed by atoms with van der Waals surface area (Å²) >= 11 is 0. The van der Waals surface area contributed by atoms with Crippen molar-refractivity contribution in [2.75, 3.05) is 0 Å². The van der Waals surface area contributed by atoms with E-state index in [0.717, 1.165) is 17.8 Å². The minimum Gasteiger partial charge on any atom is -0.198 e. The lowest BCUT2D eigenvalue weighted by Gasteiger charge is -2.30. The van der Waals surface area contributed by atoms with Crippen LogP contribution in [0.4, 0.5) is 0 Å². The molecule has 0 bridgehead atoms. The number of nitriles is 1. The second-order valence-corrected chi connectivity index (χ2v) is 7.77. The zero-order valence-electron chi connectivity index (χ0n) is 14.6. The molecule has 0 amide bonds. The molecule has 2 fully saturated rings. The van der Waals surface area contributed by atoms with Crippen molar-refractivity contribution < 1.29 is 0 Å². The van der Waals surface area contributed by atoms with Crippen molar-refractivity contribution >= 4 is 0 Å². The van der Waals surface area contributed by atoms with Gasteiger partial charge in [-0.15, -0.1) is 0 Å². The van der Waals surface area contributed by atoms with Gasteiger partial charge < -0.3 is 0 Å². The Morgan fingerprint density at radius 2 is 1.27 bits per heavy atom. The van der Waals surface area contributed by atoms with Crippen molar-refractivity contribution in [2.45, 2.75) is 90.4 Å². The zero-order valence-corrected chi connectivity index (χ0v) is 14.6. The fourth-order valence-electron chi connectivity index (χ4n) is 4.48. The lowest BCUT2D eigenvalue weighted by molar-refractivity contribution is 0.223. The first-order valence-corrected chi connectivity index (χ1v) is 9.86. The Bertz CT molecular complexity index is 349. The second-order valence-electron chi connectivity index (χ2n) is 7.77. The molecule has 0 spiro atoms. The Balaban J connectivity index is 1.54. The number of rotatable bonds is 7. The van der Waals surface area contributed by atoms with Crippen LogP contribution in [0.5, 0.6) is 0 Å². The predicted octanol–water partition coefficient (Wildman–Crippen LogP) is 6.65. The highest BCUT2D eigenvalue weighted by atomic mass is 14.3. The fourth-order valence-corrected chi connectivity index (χ4v) is 4.48. The van der Waals surface area contributed by atoms with Crippen molar-refractivity contribution in [3.63, 3.8) is 0 Å². The molecule has 2 saturated carbocycles. The maximum atomic E-state index is 8.97. The molecule has 0 radical (unpaired) electrons. The molecule has 0 aromatic heterocycles. The quantitative estimate of drug-likeness (QED) is 0.483. The van der Waals surface area contributed by atoms with E-state index in [-0.39, 0.29) is 0 Å². The highest BCUT2D eigenvalue weighted by molar-refractivity contribution is 4.87. The van der Waals surface area contributed by atoms with Gasteiger partial charge in [-0.2, -0.15) is 5.26 Å². The van der Waals surface area contributed by atoms with Gasteiger partial charge in [-0.25, -0.2) is 0 Å². The first-order chi connectivity index (χ1) is 10.8. The van der Waals surface area contributed by atoms with Gasteiger partial charge >= 0.3 is 0 Å². The van der Waals surface area contributed by atoms with E-state index in [1.165, 1.54) is 83.5 Å². The Kier molecular flexibility index (Phi) is 8.06. The van der Waals surface area contributed by atoms with Crippen LogP contribution in [-0.2, 0) is 0 Å². The fraction of sp³-hybridized carbons (Fsp3) is 0.857. The normalized spacial score (nSPS) is 32.9. The molecular formula is C21H35N. The third kappa shape index (κ3) is 6.15. The third-order valence-electron chi connectivity index (χ3n) is 6.12. The van der Waals surface area contributed by atoms with Crippen LogP contribution in [-0.4, -0.2) is 0 Å². The summed E-state index contributed by atoms with van der Waals surface area (Å²) in [7, 11) is 0. The monoisotopic (exact) mass is 301 g/mol. The smallest absolute Gasteiger partial charge is 0.0655 e. The molecule has 124 valence electrons. The summed E-state index contributed by atoms with van der Waals surface area (Å²) in [5.41, 5.74) is 0. The standard InChI is InChI=1S/C21H35N/c1-2-3-4-5-6-18-7-9-19(10-8-18)11-12-20-13-15-21(17-22)16-14-20/h3-4,18-21H,2,5-16H2,1H3/b4-3+. The largest absolute Gasteiger partial charge is 0.198 e. The van der Waals surface area contributed by atoms with Gasteiger partial charge in [0.15, 0.2) is 0 Å². The van der Waals surface area contributed by atoms with Gasteiger partial charge in [0, 0.05) is 5.92 Å². The van der Waals surface area contributed by atoms with Gasteiger partial charge in [0.25, 0.3) is 0 Å². The average Bonchev–Trinajstić information content (AvgIpc) is 2.58. The van der Waals surface area contributed by atoms with E-state index in [1.54, 1.807) is 0 Å². The van der Waals surface area contributed by atoms with Gasteiger partial charge in [0.05, 0.1) is 6.07 Å². The molecule has 2 rings (SSSR count). The average molecular weight is 302 g/mol. The third-order valence-corrected chi connectivity index (χ3v) is 6.12. The highest BCUT2D eigenvalue weighted by Gasteiger charge is 2.24. The molecule has 0 aromatic carbocycles. The van der Waals surface area contributed by atoms with Gasteiger partial charge in [-0.1, -0.05) is 57.6 Å². The zero-order chi connectivity index (χ0) is 15.6. The van der Waals surface area contributed by atoms with Crippen LogP contribution in [0.3, 0.4) is 0 Å². The molecule has 0 aromatic rings. The minimum absolute atomic E-state index is 0.369. The lowest BCUT2D eigenvalue weighted by atomic mass is 9.75. The maximum Gasteiger partial charge on any atom is 0.0655 e. The second kappa shape index (κ2) is 10.1. The Morgan fingerprint density at radius 1 is 0.773 bits per heavy atom. The summed E-state index contributed by atoms with van der Waals surface area (Å²) < 4.78 is 0. The molecule has 0 heterocycles. The maximum absolute atomic E-state index is 8.97. The molecule has 22 heavy (non-hydrogen) atoms. The van der Waals surface area contributed by atoms with Crippen molar-refractivity contribution in [3.05, 3.63) is 12.2 Å². The summed E-state index contributed by atoms with van der Waals surface area (Å²) in [4.78, 5) is 0. The van der Waals surface area contributed by atoms with E-state index in [2.05, 4.69) is 25.1 Å². The highest BCUT2D eigenvalue weighted by Crippen LogP contribution is 2.37. The van der Waals surface area contributed by atoms with E-state index >= 15 is 0 Å². The topological polar surface area (TPSA) is 23.8 Å². The van der Waals surface area contributed by atoms with Crippen LogP contribution in [0.15, 0.2) is 12.2 Å². The first kappa shape index (κ1) is 17.6. The predicted molar refractivity (Wildman–Crippen MR) is 94.4 cm³/mol. The number of hydrogen-bond donors (Lipinski definition) is 0. The SMILES string of the molecule is CC/C=C/CCC1CCC(CCC2CCC(C#N)CC2)CC1. The van der Waals surface area contributed by atoms with Crippen LogP contribution in [0.25, 0.3) is 0 Å². The van der Waals surface area contributed by atoms with E-state index in [1.807, 2.05) is 0 Å². The molecule has 2 aliphatic rings. The molecule has 0 N–H and O–H groups in total. The molecule has 0 atom stereocenters. The minimum atomic E-state index is 0.369. The van der Waals surface area contributed by atoms with Crippen LogP contribution in [0.1, 0.15) is 90.4 Å². The van der Waals surface area contributed by atoms with E-state index < -0.39 is 0 Å². The first-order valence-electron chi connectivity index (χ1n) is 9.86. The lowest BCUT2D eigenvalue weighted by Crippen LogP contribution is -2.17. The Morgan fingerprint density at radius 3 is 1.77 bits per heavy atom. The van der Waals surface area contributed by atoms with Crippen molar-refractivity contribution in [2.24, 2.45) is 23.7 Å². The van der Waals surface area contributed by atoms with Crippen molar-refractivity contribution in [1.82, 2.24) is 0 Å². The summed E-state index contributed by atoms with van der Waals surface area (Å²) in [6, 6.07) is 2.45. The van der Waals surface area contributed by atoms with Crippen LogP contribution in [0, 0.1) is 35.0 Å². The summed E-state index contributed by atoms with van der Waals surface area (Å²) in [6.45, 7) is 2.22. The summed E-state index contributed by atoms with van der Waals surface area (Å²) in [6.07, 6.45) is 22.4. The molecular weight excluding hydrogens is 266 g/mol. The van der Waals surface area contributed by atoms with Crippen LogP contribution < -0.4 is 0 Å². The molecule has 2 aliphatic carbocycles. The molecule has 1 heteroatoms. The Labute approximate surface area is 138 Å². The number of allylic oxidation sites excluding steroid dienone is 2. The summed E-state index contributed by atoms with van der Waals surface area (Å²) in [5, 5.41) is 8.97. The van der Waals surface area contributed by atoms with Crippen LogP contribution >= 0.6 is 0 Å². The van der Waals surface area contributed by atoms with Gasteiger partial charge in [0.1, 0.15) is 0 Å². The molecule has 0 saturated heterocycles. The van der Waals surface area contributed by atoms with E-state index in [0.29, 0.717) is 5.92 Å². The van der Waals surface area contributed by atoms with Gasteiger partial charge in [0.2, 0.25) is 0 Å². The van der Waals surface area contributed by atoms with E-state index in [9.17, 15) is 0 Å². The van der Waals surface area contributed by atoms with Gasteiger partial charge in [-0.05, 0) is 62.7 Å². The van der Waals surface area contributed by atoms with Gasteiger partial charge in [-0.3, -0.25) is 0 Å².